The molecule has 7 heterocycles. The summed E-state index contributed by atoms with van der Waals surface area (Å²) in [5.41, 5.74) is 8.39. The summed E-state index contributed by atoms with van der Waals surface area (Å²) < 4.78 is 20.3. The lowest BCUT2D eigenvalue weighted by Crippen LogP contribution is -2.64. The molecule has 6 aliphatic rings. The van der Waals surface area contributed by atoms with Gasteiger partial charge in [0.05, 0.1) is 36.9 Å². The van der Waals surface area contributed by atoms with Crippen LogP contribution in [0.1, 0.15) is 150 Å². The smallest absolute Gasteiger partial charge is 0.410 e. The molecule has 3 aromatic rings. The van der Waals surface area contributed by atoms with Gasteiger partial charge in [-0.25, -0.2) is 14.6 Å². The fourth-order valence-electron chi connectivity index (χ4n) is 11.5. The van der Waals surface area contributed by atoms with Crippen LogP contribution in [-0.2, 0) is 9.47 Å². The molecule has 6 fully saturated rings. The van der Waals surface area contributed by atoms with Gasteiger partial charge in [-0.05, 0) is 180 Å². The Kier molecular flexibility index (Phi) is 12.5. The number of likely N-dealkylation sites (tertiary alicyclic amines) is 2. The van der Waals surface area contributed by atoms with Crippen LogP contribution in [0.15, 0.2) is 18.7 Å². The van der Waals surface area contributed by atoms with Gasteiger partial charge in [0.25, 0.3) is 0 Å². The molecule has 0 radical (unpaired) electrons. The van der Waals surface area contributed by atoms with E-state index in [9.17, 15) is 9.59 Å². The molecule has 3 aromatic heterocycles. The maximum atomic E-state index is 12.3. The third kappa shape index (κ3) is 9.38. The molecule has 354 valence electrons. The molecule has 2 unspecified atom stereocenters. The van der Waals surface area contributed by atoms with Crippen molar-refractivity contribution in [2.75, 3.05) is 49.1 Å². The van der Waals surface area contributed by atoms with E-state index in [2.05, 4.69) is 122 Å². The van der Waals surface area contributed by atoms with Crippen LogP contribution in [0, 0.1) is 31.8 Å². The molecule has 9 rings (SSSR count). The molecule has 64 heavy (non-hydrogen) atoms. The summed E-state index contributed by atoms with van der Waals surface area (Å²) in [6.07, 6.45) is 14.0. The van der Waals surface area contributed by atoms with Crippen LogP contribution in [-0.4, -0.2) is 119 Å². The first-order valence-electron chi connectivity index (χ1n) is 23.4. The van der Waals surface area contributed by atoms with Crippen LogP contribution in [0.5, 0.6) is 0 Å². The van der Waals surface area contributed by atoms with E-state index in [0.29, 0.717) is 18.1 Å². The molecule has 2 saturated carbocycles. The summed E-state index contributed by atoms with van der Waals surface area (Å²) in [5.74, 6) is 2.23. The molecule has 2 atom stereocenters. The molecule has 4 aliphatic heterocycles. The highest BCUT2D eigenvalue weighted by atomic mass is 127. The van der Waals surface area contributed by atoms with Gasteiger partial charge in [-0.3, -0.25) is 9.36 Å². The largest absolute Gasteiger partial charge is 0.444 e. The second-order valence-corrected chi connectivity index (χ2v) is 25.6. The summed E-state index contributed by atoms with van der Waals surface area (Å²) in [4.78, 5) is 37.5. The number of ether oxygens (including phenoxy) is 2. The normalized spacial score (nSPS) is 25.8. The van der Waals surface area contributed by atoms with Crippen LogP contribution in [0.3, 0.4) is 0 Å². The minimum Gasteiger partial charge on any atom is -0.444 e. The summed E-state index contributed by atoms with van der Waals surface area (Å²) in [5, 5.41) is 10.3. The van der Waals surface area contributed by atoms with Gasteiger partial charge >= 0.3 is 12.2 Å². The number of nitrogens with two attached hydrogens (primary N) is 1. The van der Waals surface area contributed by atoms with E-state index in [1.54, 1.807) is 0 Å². The number of anilines is 2. The number of imidazole rings is 1. The quantitative estimate of drug-likeness (QED) is 0.246. The molecule has 15 nitrogen and oxygen atoms in total. The predicted octanol–water partition coefficient (Wildman–Crippen LogP) is 9.26. The van der Waals surface area contributed by atoms with Gasteiger partial charge in [0.15, 0.2) is 11.6 Å². The third-order valence-corrected chi connectivity index (χ3v) is 17.2. The van der Waals surface area contributed by atoms with Gasteiger partial charge in [0.1, 0.15) is 11.2 Å². The average Bonchev–Trinajstić information content (AvgIpc) is 3.80. The third-order valence-electron chi connectivity index (χ3n) is 14.7. The van der Waals surface area contributed by atoms with E-state index < -0.39 is 11.2 Å². The fraction of sp³-hybridized carbons (Fsp3) is 0.766. The summed E-state index contributed by atoms with van der Waals surface area (Å²) in [7, 11) is 0. The highest BCUT2D eigenvalue weighted by Crippen LogP contribution is 2.56. The number of piperidine rings is 2. The number of carbonyl (C=O) groups excluding carboxylic acids is 2. The molecular formula is C47H73I2N11O4. The summed E-state index contributed by atoms with van der Waals surface area (Å²) in [6.45, 7) is 30.2. The Bertz CT molecular complexity index is 2190. The minimum absolute atomic E-state index is 0.0153. The molecule has 4 saturated heterocycles. The number of nitrogens with zero attached hydrogens (tertiary/aromatic N) is 10. The number of carbonyl (C=O) groups is 2. The highest BCUT2D eigenvalue weighted by molar-refractivity contribution is 14.1. The van der Waals surface area contributed by atoms with Crippen molar-refractivity contribution in [1.82, 2.24) is 38.9 Å². The van der Waals surface area contributed by atoms with E-state index in [1.807, 2.05) is 63.9 Å². The van der Waals surface area contributed by atoms with Crippen molar-refractivity contribution < 1.29 is 19.1 Å². The number of rotatable bonds is 5. The lowest BCUT2D eigenvalue weighted by Gasteiger charge is -2.58. The van der Waals surface area contributed by atoms with E-state index >= 15 is 0 Å². The van der Waals surface area contributed by atoms with E-state index in [1.165, 1.54) is 18.5 Å². The Labute approximate surface area is 408 Å². The van der Waals surface area contributed by atoms with E-state index in [0.717, 1.165) is 102 Å². The summed E-state index contributed by atoms with van der Waals surface area (Å²) in [6, 6.07) is 1.58. The standard InChI is InChI=1S/C25H37IN6O2.C22H36IN5O2/c1-17-20(26)21(31-9-7-18(11-24(31,5)6)29-10-8-27-16-29)28-32(17)19-12-25(13-19)14-30(15-25)22(33)34-23(2,3)4;1-14-17(23)18(27-8-7-15(24)9-21(27,5)6)25-28(14)16-10-22(11-16)12-26(13-22)19(29)30-20(2,3)4/h8,10,16,18-19H,7,9,11-15H2,1-6H3;15-16H,7-13,24H2,1-6H3. The van der Waals surface area contributed by atoms with Gasteiger partial charge in [0, 0.05) is 85.7 Å². The predicted molar refractivity (Wildman–Crippen MR) is 267 cm³/mol. The first-order chi connectivity index (χ1) is 29.7. The number of hydrogen-bond donors (Lipinski definition) is 1. The number of hydrogen-bond acceptors (Lipinski definition) is 10. The summed E-state index contributed by atoms with van der Waals surface area (Å²) >= 11 is 4.94. The monoisotopic (exact) mass is 1110 g/mol. The molecule has 2 N–H and O–H groups in total. The molecular weight excluding hydrogens is 1040 g/mol. The Balaban J connectivity index is 0.000000176. The van der Waals surface area contributed by atoms with Crippen molar-refractivity contribution in [1.29, 1.82) is 0 Å². The molecule has 0 bridgehead atoms. The minimum atomic E-state index is -0.442. The van der Waals surface area contributed by atoms with Gasteiger partial charge in [-0.1, -0.05) is 0 Å². The van der Waals surface area contributed by atoms with Crippen molar-refractivity contribution in [3.63, 3.8) is 0 Å². The average molecular weight is 1110 g/mol. The Morgan fingerprint density at radius 1 is 0.672 bits per heavy atom. The lowest BCUT2D eigenvalue weighted by molar-refractivity contribution is -0.0931. The second kappa shape index (κ2) is 16.8. The number of halogens is 2. The van der Waals surface area contributed by atoms with Crippen LogP contribution < -0.4 is 15.5 Å². The number of amides is 2. The molecule has 2 spiro atoms. The first kappa shape index (κ1) is 47.7. The van der Waals surface area contributed by atoms with Crippen molar-refractivity contribution >= 4 is 69.0 Å². The maximum absolute atomic E-state index is 12.3. The van der Waals surface area contributed by atoms with Gasteiger partial charge < -0.3 is 39.4 Å². The number of aromatic nitrogens is 6. The fourth-order valence-corrected chi connectivity index (χ4v) is 12.8. The molecule has 0 aromatic carbocycles. The second-order valence-electron chi connectivity index (χ2n) is 23.5. The van der Waals surface area contributed by atoms with Crippen molar-refractivity contribution in [2.24, 2.45) is 16.6 Å². The van der Waals surface area contributed by atoms with E-state index in [-0.39, 0.29) is 40.1 Å². The van der Waals surface area contributed by atoms with Gasteiger partial charge in [0.2, 0.25) is 0 Å². The maximum Gasteiger partial charge on any atom is 0.410 e. The van der Waals surface area contributed by atoms with Crippen molar-refractivity contribution in [3.8, 4) is 0 Å². The van der Waals surface area contributed by atoms with Crippen LogP contribution in [0.4, 0.5) is 21.2 Å². The topological polar surface area (TPSA) is 145 Å². The highest BCUT2D eigenvalue weighted by Gasteiger charge is 2.57. The zero-order chi connectivity index (χ0) is 46.5. The Hall–Kier alpha value is -2.81. The van der Waals surface area contributed by atoms with Crippen molar-refractivity contribution in [3.05, 3.63) is 37.2 Å². The first-order valence-corrected chi connectivity index (χ1v) is 25.6. The van der Waals surface area contributed by atoms with Gasteiger partial charge in [-0.15, -0.1) is 0 Å². The van der Waals surface area contributed by atoms with Crippen molar-refractivity contribution in [2.45, 2.75) is 181 Å². The molecule has 17 heteroatoms. The molecule has 2 amide bonds. The lowest BCUT2D eigenvalue weighted by atomic mass is 9.61. The van der Waals surface area contributed by atoms with Crippen LogP contribution in [0.2, 0.25) is 0 Å². The zero-order valence-electron chi connectivity index (χ0n) is 40.4. The van der Waals surface area contributed by atoms with Crippen LogP contribution in [0.25, 0.3) is 0 Å². The van der Waals surface area contributed by atoms with Gasteiger partial charge in [-0.2, -0.15) is 10.2 Å². The Morgan fingerprint density at radius 2 is 1.09 bits per heavy atom. The van der Waals surface area contributed by atoms with E-state index in [4.69, 9.17) is 25.4 Å². The SMILES string of the molecule is Cc1c(I)c(N2CCC(N)CC2(C)C)nn1C1CC2(C1)CN(C(=O)OC(C)(C)C)C2.Cc1c(I)c(N2CCC(n3ccnc3)CC2(C)C)nn1C1CC2(C1)CN(C(=O)OC(C)(C)C)C2. The van der Waals surface area contributed by atoms with Crippen LogP contribution >= 0.6 is 45.2 Å². The zero-order valence-corrected chi connectivity index (χ0v) is 44.7. The Morgan fingerprint density at radius 3 is 1.47 bits per heavy atom. The molecule has 2 aliphatic carbocycles.